The molecule has 1 N–H and O–H groups in total. The number of nitrogens with zero attached hydrogens (tertiary/aromatic N) is 2. The van der Waals surface area contributed by atoms with Gasteiger partial charge in [-0.2, -0.15) is 5.10 Å². The average molecular weight is 156 g/mol. The van der Waals surface area contributed by atoms with Gasteiger partial charge in [0.2, 0.25) is 0 Å². The van der Waals surface area contributed by atoms with Gasteiger partial charge in [0, 0.05) is 11.9 Å². The molecule has 0 atom stereocenters. The highest BCUT2D eigenvalue weighted by atomic mass is 32.2. The van der Waals surface area contributed by atoms with Crippen molar-refractivity contribution in [3.8, 4) is 0 Å². The van der Waals surface area contributed by atoms with Gasteiger partial charge in [-0.1, -0.05) is 0 Å². The minimum Gasteiger partial charge on any atom is -0.396 e. The Morgan fingerprint density at radius 1 is 1.60 bits per heavy atom. The standard InChI is InChI=1S/C6H8N2OS/c9-4-5-10-6-2-1-3-7-8-6/h1-3,9H,4-5H2. The first-order valence-corrected chi connectivity index (χ1v) is 3.93. The summed E-state index contributed by atoms with van der Waals surface area (Å²) in [7, 11) is 0. The molecule has 0 unspecified atom stereocenters. The molecule has 0 amide bonds. The minimum absolute atomic E-state index is 0.182. The van der Waals surface area contributed by atoms with Crippen molar-refractivity contribution in [2.24, 2.45) is 0 Å². The topological polar surface area (TPSA) is 46.0 Å². The van der Waals surface area contributed by atoms with E-state index in [1.807, 2.05) is 12.1 Å². The molecule has 1 rings (SSSR count). The second-order valence-electron chi connectivity index (χ2n) is 1.63. The lowest BCUT2D eigenvalue weighted by Gasteiger charge is -1.93. The van der Waals surface area contributed by atoms with E-state index in [4.69, 9.17) is 5.11 Å². The molecule has 54 valence electrons. The molecule has 3 nitrogen and oxygen atoms in total. The third-order valence-corrected chi connectivity index (χ3v) is 1.79. The van der Waals surface area contributed by atoms with Crippen molar-refractivity contribution < 1.29 is 5.11 Å². The van der Waals surface area contributed by atoms with Gasteiger partial charge in [-0.3, -0.25) is 0 Å². The fraction of sp³-hybridized carbons (Fsp3) is 0.333. The Morgan fingerprint density at radius 2 is 2.50 bits per heavy atom. The maximum Gasteiger partial charge on any atom is 0.119 e. The molecule has 0 radical (unpaired) electrons. The van der Waals surface area contributed by atoms with Crippen LogP contribution in [0.3, 0.4) is 0 Å². The van der Waals surface area contributed by atoms with Crippen molar-refractivity contribution in [1.82, 2.24) is 10.2 Å². The van der Waals surface area contributed by atoms with Crippen LogP contribution in [0.2, 0.25) is 0 Å². The number of hydrogen-bond acceptors (Lipinski definition) is 4. The van der Waals surface area contributed by atoms with E-state index < -0.39 is 0 Å². The summed E-state index contributed by atoms with van der Waals surface area (Å²) in [5, 5.41) is 16.8. The largest absolute Gasteiger partial charge is 0.396 e. The summed E-state index contributed by atoms with van der Waals surface area (Å²) in [6.45, 7) is 0.182. The normalized spacial score (nSPS) is 9.70. The number of thioether (sulfide) groups is 1. The minimum atomic E-state index is 0.182. The molecule has 0 aliphatic heterocycles. The van der Waals surface area contributed by atoms with Crippen LogP contribution in [0.25, 0.3) is 0 Å². The molecule has 1 aromatic heterocycles. The highest BCUT2D eigenvalue weighted by Crippen LogP contribution is 2.11. The summed E-state index contributed by atoms with van der Waals surface area (Å²) >= 11 is 1.50. The fourth-order valence-corrected chi connectivity index (χ4v) is 1.09. The van der Waals surface area contributed by atoms with E-state index in [9.17, 15) is 0 Å². The maximum atomic E-state index is 8.46. The number of aromatic nitrogens is 2. The van der Waals surface area contributed by atoms with E-state index in [0.29, 0.717) is 5.75 Å². The Bertz CT molecular complexity index is 180. The first-order valence-electron chi connectivity index (χ1n) is 2.95. The van der Waals surface area contributed by atoms with Gasteiger partial charge in [-0.15, -0.1) is 16.9 Å². The monoisotopic (exact) mass is 156 g/mol. The molecule has 10 heavy (non-hydrogen) atoms. The Labute approximate surface area is 63.5 Å². The van der Waals surface area contributed by atoms with Crippen molar-refractivity contribution >= 4 is 11.8 Å². The molecule has 0 saturated carbocycles. The maximum absolute atomic E-state index is 8.46. The Balaban J connectivity index is 2.43. The predicted octanol–water partition coefficient (Wildman–Crippen LogP) is 0.561. The predicted molar refractivity (Wildman–Crippen MR) is 39.8 cm³/mol. The molecule has 0 spiro atoms. The van der Waals surface area contributed by atoms with E-state index in [-0.39, 0.29) is 6.61 Å². The summed E-state index contributed by atoms with van der Waals surface area (Å²) in [6, 6.07) is 3.69. The quantitative estimate of drug-likeness (QED) is 0.649. The zero-order chi connectivity index (χ0) is 7.23. The van der Waals surface area contributed by atoms with Gasteiger partial charge in [-0.05, 0) is 12.1 Å². The van der Waals surface area contributed by atoms with Crippen LogP contribution >= 0.6 is 11.8 Å². The number of aliphatic hydroxyl groups excluding tert-OH is 1. The van der Waals surface area contributed by atoms with Crippen molar-refractivity contribution in [2.45, 2.75) is 5.03 Å². The first-order chi connectivity index (χ1) is 4.93. The third kappa shape index (κ3) is 2.33. The molecule has 0 aliphatic rings. The van der Waals surface area contributed by atoms with Crippen LogP contribution in [0, 0.1) is 0 Å². The van der Waals surface area contributed by atoms with Crippen LogP contribution in [0.4, 0.5) is 0 Å². The first kappa shape index (κ1) is 7.50. The molecule has 0 fully saturated rings. The van der Waals surface area contributed by atoms with Crippen molar-refractivity contribution in [2.75, 3.05) is 12.4 Å². The second-order valence-corrected chi connectivity index (χ2v) is 2.75. The van der Waals surface area contributed by atoms with Gasteiger partial charge in [0.15, 0.2) is 0 Å². The highest BCUT2D eigenvalue weighted by Gasteiger charge is 1.91. The van der Waals surface area contributed by atoms with Gasteiger partial charge >= 0.3 is 0 Å². The zero-order valence-electron chi connectivity index (χ0n) is 5.40. The SMILES string of the molecule is OCCSc1cccnn1. The number of aliphatic hydroxyl groups is 1. The third-order valence-electron chi connectivity index (χ3n) is 0.889. The van der Waals surface area contributed by atoms with Gasteiger partial charge in [0.05, 0.1) is 6.61 Å². The summed E-state index contributed by atoms with van der Waals surface area (Å²) in [5.41, 5.74) is 0. The van der Waals surface area contributed by atoms with E-state index in [0.717, 1.165) is 5.03 Å². The second kappa shape index (κ2) is 4.24. The fourth-order valence-electron chi connectivity index (χ4n) is 0.515. The average Bonchev–Trinajstić information content (AvgIpc) is 2.03. The van der Waals surface area contributed by atoms with Crippen LogP contribution in [0.1, 0.15) is 0 Å². The van der Waals surface area contributed by atoms with E-state index in [1.165, 1.54) is 11.8 Å². The lowest BCUT2D eigenvalue weighted by molar-refractivity contribution is 0.322. The summed E-state index contributed by atoms with van der Waals surface area (Å²) in [6.07, 6.45) is 1.63. The van der Waals surface area contributed by atoms with Gasteiger partial charge in [0.1, 0.15) is 5.03 Å². The lowest BCUT2D eigenvalue weighted by atomic mass is 10.6. The smallest absolute Gasteiger partial charge is 0.119 e. The van der Waals surface area contributed by atoms with Crippen LogP contribution in [-0.2, 0) is 0 Å². The molecular weight excluding hydrogens is 148 g/mol. The Hall–Kier alpha value is -0.610. The van der Waals surface area contributed by atoms with E-state index >= 15 is 0 Å². The molecular formula is C6H8N2OS. The molecule has 0 bridgehead atoms. The number of rotatable bonds is 3. The summed E-state index contributed by atoms with van der Waals surface area (Å²) < 4.78 is 0. The molecule has 4 heteroatoms. The Kier molecular flexibility index (Phi) is 3.18. The van der Waals surface area contributed by atoms with E-state index in [1.54, 1.807) is 6.20 Å². The van der Waals surface area contributed by atoms with Gasteiger partial charge in [0.25, 0.3) is 0 Å². The van der Waals surface area contributed by atoms with Crippen LogP contribution in [-0.4, -0.2) is 27.7 Å². The van der Waals surface area contributed by atoms with Gasteiger partial charge < -0.3 is 5.11 Å². The molecule has 1 heterocycles. The van der Waals surface area contributed by atoms with E-state index in [2.05, 4.69) is 10.2 Å². The molecule has 0 aliphatic carbocycles. The van der Waals surface area contributed by atoms with Crippen LogP contribution < -0.4 is 0 Å². The molecule has 1 aromatic rings. The van der Waals surface area contributed by atoms with Crippen molar-refractivity contribution in [1.29, 1.82) is 0 Å². The van der Waals surface area contributed by atoms with Gasteiger partial charge in [-0.25, -0.2) is 0 Å². The molecule has 0 saturated heterocycles. The van der Waals surface area contributed by atoms with Crippen molar-refractivity contribution in [3.63, 3.8) is 0 Å². The molecule has 0 aromatic carbocycles. The zero-order valence-corrected chi connectivity index (χ0v) is 6.21. The lowest BCUT2D eigenvalue weighted by Crippen LogP contribution is -1.88. The van der Waals surface area contributed by atoms with Crippen molar-refractivity contribution in [3.05, 3.63) is 18.3 Å². The van der Waals surface area contributed by atoms with Crippen LogP contribution in [0.5, 0.6) is 0 Å². The summed E-state index contributed by atoms with van der Waals surface area (Å²) in [4.78, 5) is 0. The number of hydrogen-bond donors (Lipinski definition) is 1. The Morgan fingerprint density at radius 3 is 3.10 bits per heavy atom. The van der Waals surface area contributed by atoms with Crippen LogP contribution in [0.15, 0.2) is 23.4 Å². The highest BCUT2D eigenvalue weighted by molar-refractivity contribution is 7.99. The summed E-state index contributed by atoms with van der Waals surface area (Å²) in [5.74, 6) is 0.679.